The molecule has 134 valence electrons. The van der Waals surface area contributed by atoms with Gasteiger partial charge >= 0.3 is 6.09 Å². The highest BCUT2D eigenvalue weighted by molar-refractivity contribution is 9.10. The van der Waals surface area contributed by atoms with Crippen LogP contribution in [0.4, 0.5) is 4.79 Å². The molecule has 9 heteroatoms. The first kappa shape index (κ1) is 19.1. The van der Waals surface area contributed by atoms with Gasteiger partial charge in [0.2, 0.25) is 5.91 Å². The Morgan fingerprint density at radius 2 is 2.08 bits per heavy atom. The van der Waals surface area contributed by atoms with Crippen LogP contribution in [0.25, 0.3) is 10.4 Å². The second-order valence-electron chi connectivity index (χ2n) is 5.92. The Labute approximate surface area is 153 Å². The van der Waals surface area contributed by atoms with Crippen LogP contribution in [0, 0.1) is 5.92 Å². The zero-order chi connectivity index (χ0) is 18.6. The van der Waals surface area contributed by atoms with Gasteiger partial charge in [-0.15, -0.1) is 0 Å². The molecule has 3 atom stereocenters. The van der Waals surface area contributed by atoms with Gasteiger partial charge in [-0.05, 0) is 29.1 Å². The van der Waals surface area contributed by atoms with E-state index in [1.807, 2.05) is 13.8 Å². The maximum Gasteiger partial charge on any atom is 0.417 e. The standard InChI is InChI=1S/C16H19BrN4O4/c1-9(2)12-8-25-16(23)21(12)15(22)13(17)14(19-20-18)10-4-6-11(24-3)7-5-10/h4-7,9,12-14H,8H2,1-3H3/t12-,13+,14+/m1/s1. The minimum Gasteiger partial charge on any atom is -0.497 e. The number of carbonyl (C=O) groups is 2. The van der Waals surface area contributed by atoms with E-state index >= 15 is 0 Å². The molecule has 8 nitrogen and oxygen atoms in total. The molecule has 1 saturated heterocycles. The van der Waals surface area contributed by atoms with E-state index in [2.05, 4.69) is 26.0 Å². The quantitative estimate of drug-likeness (QED) is 0.307. The highest BCUT2D eigenvalue weighted by atomic mass is 79.9. The molecule has 0 bridgehead atoms. The number of imide groups is 1. The van der Waals surface area contributed by atoms with Gasteiger partial charge in [0.1, 0.15) is 17.2 Å². The smallest absolute Gasteiger partial charge is 0.417 e. The molecule has 2 rings (SSSR count). The van der Waals surface area contributed by atoms with Gasteiger partial charge in [0.15, 0.2) is 0 Å². The summed E-state index contributed by atoms with van der Waals surface area (Å²) in [6.07, 6.45) is -0.678. The summed E-state index contributed by atoms with van der Waals surface area (Å²) >= 11 is 3.30. The summed E-state index contributed by atoms with van der Waals surface area (Å²) in [6.45, 7) is 3.98. The third-order valence-electron chi connectivity index (χ3n) is 4.06. The van der Waals surface area contributed by atoms with Crippen LogP contribution in [0.15, 0.2) is 29.4 Å². The summed E-state index contributed by atoms with van der Waals surface area (Å²) in [7, 11) is 1.54. The van der Waals surface area contributed by atoms with E-state index in [1.165, 1.54) is 0 Å². The Bertz CT molecular complexity index is 688. The summed E-state index contributed by atoms with van der Waals surface area (Å²) in [4.78, 5) is 27.9. The summed E-state index contributed by atoms with van der Waals surface area (Å²) in [5, 5.41) is 3.73. The molecule has 0 unspecified atom stereocenters. The molecule has 2 amide bonds. The van der Waals surface area contributed by atoms with Crippen molar-refractivity contribution in [1.29, 1.82) is 0 Å². The third-order valence-corrected chi connectivity index (χ3v) is 4.95. The zero-order valence-electron chi connectivity index (χ0n) is 14.1. The molecule has 25 heavy (non-hydrogen) atoms. The van der Waals surface area contributed by atoms with Crippen molar-refractivity contribution in [3.63, 3.8) is 0 Å². The number of alkyl halides is 1. The lowest BCUT2D eigenvalue weighted by Crippen LogP contribution is -2.46. The first-order chi connectivity index (χ1) is 11.9. The SMILES string of the molecule is COc1ccc([C@H](N=[N+]=[N-])[C@H](Br)C(=O)N2C(=O)OC[C@@H]2C(C)C)cc1. The van der Waals surface area contributed by atoms with Crippen molar-refractivity contribution in [3.05, 3.63) is 40.3 Å². The van der Waals surface area contributed by atoms with Crippen molar-refractivity contribution in [2.24, 2.45) is 11.0 Å². The van der Waals surface area contributed by atoms with Crippen LogP contribution >= 0.6 is 15.9 Å². The molecular weight excluding hydrogens is 392 g/mol. The minimum atomic E-state index is -0.899. The van der Waals surface area contributed by atoms with Gasteiger partial charge in [-0.3, -0.25) is 4.79 Å². The first-order valence-corrected chi connectivity index (χ1v) is 8.64. The molecule has 1 aliphatic heterocycles. The molecule has 1 aromatic carbocycles. The Morgan fingerprint density at radius 3 is 2.60 bits per heavy atom. The van der Waals surface area contributed by atoms with Gasteiger partial charge in [-0.25, -0.2) is 9.69 Å². The number of azide groups is 1. The maximum atomic E-state index is 12.9. The Balaban J connectivity index is 2.29. The fourth-order valence-corrected chi connectivity index (χ4v) is 3.23. The minimum absolute atomic E-state index is 0.0500. The predicted octanol–water partition coefficient (Wildman–Crippen LogP) is 3.81. The average molecular weight is 411 g/mol. The van der Waals surface area contributed by atoms with Crippen molar-refractivity contribution < 1.29 is 19.1 Å². The van der Waals surface area contributed by atoms with Gasteiger partial charge in [0.05, 0.1) is 19.2 Å². The maximum absolute atomic E-state index is 12.9. The predicted molar refractivity (Wildman–Crippen MR) is 94.4 cm³/mol. The molecule has 1 fully saturated rings. The van der Waals surface area contributed by atoms with Crippen LogP contribution in [0.2, 0.25) is 0 Å². The van der Waals surface area contributed by atoms with Crippen LogP contribution in [-0.2, 0) is 9.53 Å². The number of hydrogen-bond donors (Lipinski definition) is 0. The van der Waals surface area contributed by atoms with Crippen molar-refractivity contribution >= 4 is 27.9 Å². The molecule has 0 spiro atoms. The summed E-state index contributed by atoms with van der Waals surface area (Å²) in [5.74, 6) is 0.201. The normalized spacial score (nSPS) is 19.2. The van der Waals surface area contributed by atoms with Crippen molar-refractivity contribution in [2.75, 3.05) is 13.7 Å². The molecule has 1 aliphatic rings. The molecule has 0 radical (unpaired) electrons. The number of benzene rings is 1. The van der Waals surface area contributed by atoms with Gasteiger partial charge < -0.3 is 9.47 Å². The van der Waals surface area contributed by atoms with E-state index < -0.39 is 22.9 Å². The molecular formula is C16H19BrN4O4. The fraction of sp³-hybridized carbons (Fsp3) is 0.500. The van der Waals surface area contributed by atoms with E-state index in [0.717, 1.165) is 4.90 Å². The Kier molecular flexibility index (Phi) is 6.27. The summed E-state index contributed by atoms with van der Waals surface area (Å²) in [5.41, 5.74) is 9.51. The van der Waals surface area contributed by atoms with Gasteiger partial charge in [-0.2, -0.15) is 0 Å². The number of ether oxygens (including phenoxy) is 2. The molecule has 0 aliphatic carbocycles. The summed E-state index contributed by atoms with van der Waals surface area (Å²) in [6, 6.07) is 5.68. The number of nitrogens with zero attached hydrogens (tertiary/aromatic N) is 4. The van der Waals surface area contributed by atoms with Crippen molar-refractivity contribution in [2.45, 2.75) is 30.8 Å². The third kappa shape index (κ3) is 4.05. The Hall–Kier alpha value is -2.25. The first-order valence-electron chi connectivity index (χ1n) is 7.72. The van der Waals surface area contributed by atoms with Crippen LogP contribution in [0.3, 0.4) is 0 Å². The number of amides is 2. The monoisotopic (exact) mass is 410 g/mol. The molecule has 1 aromatic rings. The lowest BCUT2D eigenvalue weighted by Gasteiger charge is -2.27. The second-order valence-corrected chi connectivity index (χ2v) is 6.91. The van der Waals surface area contributed by atoms with Gasteiger partial charge in [0, 0.05) is 4.91 Å². The molecule has 0 N–H and O–H groups in total. The lowest BCUT2D eigenvalue weighted by atomic mass is 10.0. The largest absolute Gasteiger partial charge is 0.497 e. The van der Waals surface area contributed by atoms with E-state index in [1.54, 1.807) is 31.4 Å². The highest BCUT2D eigenvalue weighted by Gasteiger charge is 2.43. The van der Waals surface area contributed by atoms with Crippen LogP contribution in [0.5, 0.6) is 5.75 Å². The number of rotatable bonds is 6. The average Bonchev–Trinajstić information content (AvgIpc) is 3.00. The number of cyclic esters (lactones) is 1. The Morgan fingerprint density at radius 1 is 1.44 bits per heavy atom. The van der Waals surface area contributed by atoms with E-state index in [-0.39, 0.29) is 18.6 Å². The topological polar surface area (TPSA) is 105 Å². The summed E-state index contributed by atoms with van der Waals surface area (Å²) < 4.78 is 10.1. The fourth-order valence-electron chi connectivity index (χ4n) is 2.60. The zero-order valence-corrected chi connectivity index (χ0v) is 15.7. The number of halogens is 1. The van der Waals surface area contributed by atoms with Crippen LogP contribution < -0.4 is 4.74 Å². The van der Waals surface area contributed by atoms with Gasteiger partial charge in [0.25, 0.3) is 0 Å². The van der Waals surface area contributed by atoms with Crippen molar-refractivity contribution in [1.82, 2.24) is 4.90 Å². The number of methoxy groups -OCH3 is 1. The number of carbonyl (C=O) groups excluding carboxylic acids is 2. The van der Waals surface area contributed by atoms with E-state index in [4.69, 9.17) is 15.0 Å². The van der Waals surface area contributed by atoms with Crippen molar-refractivity contribution in [3.8, 4) is 5.75 Å². The molecule has 1 heterocycles. The van der Waals surface area contributed by atoms with E-state index in [9.17, 15) is 9.59 Å². The van der Waals surface area contributed by atoms with Gasteiger partial charge in [-0.1, -0.05) is 47.0 Å². The number of hydrogen-bond acceptors (Lipinski definition) is 5. The second kappa shape index (κ2) is 8.22. The van der Waals surface area contributed by atoms with Crippen LogP contribution in [0.1, 0.15) is 25.5 Å². The van der Waals surface area contributed by atoms with E-state index in [0.29, 0.717) is 11.3 Å². The lowest BCUT2D eigenvalue weighted by molar-refractivity contribution is -0.129. The molecule has 0 saturated carbocycles. The molecule has 0 aromatic heterocycles. The highest BCUT2D eigenvalue weighted by Crippen LogP contribution is 2.32. The van der Waals surface area contributed by atoms with Crippen LogP contribution in [-0.4, -0.2) is 41.5 Å².